The van der Waals surface area contributed by atoms with Gasteiger partial charge in [0.05, 0.1) is 5.56 Å². The van der Waals surface area contributed by atoms with E-state index in [4.69, 9.17) is 10.4 Å². The van der Waals surface area contributed by atoms with Crippen LogP contribution in [0.2, 0.25) is 0 Å². The SMILES string of the molecule is N#Cc1ccc(C(F)(F)F)nc1-n1cnc(C(=O)O)c1. The van der Waals surface area contributed by atoms with Crippen molar-refractivity contribution in [2.45, 2.75) is 6.18 Å². The van der Waals surface area contributed by atoms with Crippen LogP contribution in [-0.4, -0.2) is 25.6 Å². The molecular formula is C11H5F3N4O2. The summed E-state index contributed by atoms with van der Waals surface area (Å²) in [5.74, 6) is -1.67. The zero-order valence-corrected chi connectivity index (χ0v) is 9.59. The monoisotopic (exact) mass is 282 g/mol. The van der Waals surface area contributed by atoms with E-state index in [0.717, 1.165) is 23.2 Å². The van der Waals surface area contributed by atoms with Crippen LogP contribution in [0.1, 0.15) is 21.7 Å². The second-order valence-electron chi connectivity index (χ2n) is 3.65. The third-order valence-corrected chi connectivity index (χ3v) is 2.33. The lowest BCUT2D eigenvalue weighted by Crippen LogP contribution is -2.11. The predicted molar refractivity (Wildman–Crippen MR) is 58.0 cm³/mol. The number of hydrogen-bond donors (Lipinski definition) is 1. The Hall–Kier alpha value is -2.89. The summed E-state index contributed by atoms with van der Waals surface area (Å²) in [6.45, 7) is 0. The van der Waals surface area contributed by atoms with Gasteiger partial charge in [0, 0.05) is 6.20 Å². The summed E-state index contributed by atoms with van der Waals surface area (Å²) in [7, 11) is 0. The van der Waals surface area contributed by atoms with Gasteiger partial charge in [0.2, 0.25) is 0 Å². The maximum Gasteiger partial charge on any atom is 0.433 e. The van der Waals surface area contributed by atoms with Gasteiger partial charge in [-0.1, -0.05) is 0 Å². The lowest BCUT2D eigenvalue weighted by molar-refractivity contribution is -0.141. The Bertz CT molecular complexity index is 715. The Morgan fingerprint density at radius 1 is 1.40 bits per heavy atom. The van der Waals surface area contributed by atoms with Gasteiger partial charge < -0.3 is 5.11 Å². The van der Waals surface area contributed by atoms with Gasteiger partial charge in [-0.2, -0.15) is 18.4 Å². The van der Waals surface area contributed by atoms with Gasteiger partial charge in [-0.25, -0.2) is 14.8 Å². The first-order valence-electron chi connectivity index (χ1n) is 5.09. The second-order valence-corrected chi connectivity index (χ2v) is 3.65. The topological polar surface area (TPSA) is 91.8 Å². The van der Waals surface area contributed by atoms with Gasteiger partial charge in [-0.05, 0) is 12.1 Å². The van der Waals surface area contributed by atoms with Crippen molar-refractivity contribution < 1.29 is 23.1 Å². The van der Waals surface area contributed by atoms with E-state index in [1.54, 1.807) is 6.07 Å². The fourth-order valence-electron chi connectivity index (χ4n) is 1.44. The van der Waals surface area contributed by atoms with Crippen LogP contribution in [0.25, 0.3) is 5.82 Å². The molecule has 0 bridgehead atoms. The fourth-order valence-corrected chi connectivity index (χ4v) is 1.44. The maximum absolute atomic E-state index is 12.6. The van der Waals surface area contributed by atoms with Crippen molar-refractivity contribution in [2.24, 2.45) is 0 Å². The van der Waals surface area contributed by atoms with Crippen molar-refractivity contribution in [1.29, 1.82) is 5.26 Å². The molecular weight excluding hydrogens is 277 g/mol. The molecule has 20 heavy (non-hydrogen) atoms. The summed E-state index contributed by atoms with van der Waals surface area (Å²) in [4.78, 5) is 17.5. The second kappa shape index (κ2) is 4.65. The predicted octanol–water partition coefficient (Wildman–Crippen LogP) is 1.86. The van der Waals surface area contributed by atoms with Gasteiger partial charge >= 0.3 is 12.1 Å². The van der Waals surface area contributed by atoms with E-state index in [1.807, 2.05) is 0 Å². The minimum absolute atomic E-state index is 0.132. The van der Waals surface area contributed by atoms with E-state index >= 15 is 0 Å². The minimum atomic E-state index is -4.67. The van der Waals surface area contributed by atoms with E-state index in [9.17, 15) is 18.0 Å². The van der Waals surface area contributed by atoms with Crippen molar-refractivity contribution in [3.63, 3.8) is 0 Å². The average Bonchev–Trinajstić information content (AvgIpc) is 2.86. The van der Waals surface area contributed by atoms with E-state index < -0.39 is 17.8 Å². The minimum Gasteiger partial charge on any atom is -0.476 e. The van der Waals surface area contributed by atoms with Crippen LogP contribution in [0.3, 0.4) is 0 Å². The number of imidazole rings is 1. The molecule has 0 aromatic carbocycles. The quantitative estimate of drug-likeness (QED) is 0.907. The molecule has 0 unspecified atom stereocenters. The summed E-state index contributed by atoms with van der Waals surface area (Å²) in [6.07, 6.45) is -2.71. The molecule has 0 spiro atoms. The van der Waals surface area contributed by atoms with Crippen molar-refractivity contribution in [2.75, 3.05) is 0 Å². The number of nitrogens with zero attached hydrogens (tertiary/aromatic N) is 4. The van der Waals surface area contributed by atoms with E-state index in [-0.39, 0.29) is 17.1 Å². The van der Waals surface area contributed by atoms with Crippen LogP contribution >= 0.6 is 0 Å². The molecule has 0 aliphatic heterocycles. The van der Waals surface area contributed by atoms with Crippen molar-refractivity contribution >= 4 is 5.97 Å². The third-order valence-electron chi connectivity index (χ3n) is 2.33. The van der Waals surface area contributed by atoms with E-state index in [0.29, 0.717) is 6.07 Å². The Labute approximate surface area is 109 Å². The first-order chi connectivity index (χ1) is 9.32. The molecule has 9 heteroatoms. The van der Waals surface area contributed by atoms with Crippen LogP contribution < -0.4 is 0 Å². The molecule has 102 valence electrons. The van der Waals surface area contributed by atoms with Crippen LogP contribution in [0, 0.1) is 11.3 Å². The molecule has 2 heterocycles. The molecule has 0 saturated carbocycles. The number of hydrogen-bond acceptors (Lipinski definition) is 4. The van der Waals surface area contributed by atoms with E-state index in [1.165, 1.54) is 0 Å². The van der Waals surface area contributed by atoms with Gasteiger partial charge in [0.1, 0.15) is 18.1 Å². The molecule has 6 nitrogen and oxygen atoms in total. The molecule has 0 aliphatic rings. The van der Waals surface area contributed by atoms with Gasteiger partial charge in [0.15, 0.2) is 11.5 Å². The first-order valence-corrected chi connectivity index (χ1v) is 5.09. The summed E-state index contributed by atoms with van der Waals surface area (Å²) < 4.78 is 38.7. The number of halogens is 3. The molecule has 0 fully saturated rings. The van der Waals surface area contributed by atoms with Crippen LogP contribution in [-0.2, 0) is 6.18 Å². The highest BCUT2D eigenvalue weighted by Gasteiger charge is 2.33. The largest absolute Gasteiger partial charge is 0.476 e. The van der Waals surface area contributed by atoms with Crippen LogP contribution in [0.5, 0.6) is 0 Å². The number of carboxylic acid groups (broad SMARTS) is 1. The fraction of sp³-hybridized carbons (Fsp3) is 0.0909. The standard InChI is InChI=1S/C11H5F3N4O2/c12-11(13,14)8-2-1-6(3-15)9(17-8)18-4-7(10(19)20)16-5-18/h1-2,4-5H,(H,19,20). The molecule has 0 atom stereocenters. The average molecular weight is 282 g/mol. The highest BCUT2D eigenvalue weighted by molar-refractivity contribution is 5.85. The van der Waals surface area contributed by atoms with Gasteiger partial charge in [-0.15, -0.1) is 0 Å². The number of carbonyl (C=O) groups is 1. The number of aromatic carboxylic acids is 1. The molecule has 0 radical (unpaired) electrons. The normalized spacial score (nSPS) is 11.1. The lowest BCUT2D eigenvalue weighted by Gasteiger charge is -2.09. The van der Waals surface area contributed by atoms with E-state index in [2.05, 4.69) is 9.97 Å². The molecule has 1 N–H and O–H groups in total. The Morgan fingerprint density at radius 3 is 2.60 bits per heavy atom. The Kier molecular flexibility index (Phi) is 3.15. The summed E-state index contributed by atoms with van der Waals surface area (Å²) in [5, 5.41) is 17.6. The molecule has 2 aromatic rings. The smallest absolute Gasteiger partial charge is 0.433 e. The maximum atomic E-state index is 12.6. The zero-order valence-electron chi connectivity index (χ0n) is 9.59. The Balaban J connectivity index is 2.59. The van der Waals surface area contributed by atoms with Crippen molar-refractivity contribution in [3.8, 4) is 11.9 Å². The Morgan fingerprint density at radius 2 is 2.10 bits per heavy atom. The molecule has 2 aromatic heterocycles. The third kappa shape index (κ3) is 2.44. The van der Waals surface area contributed by atoms with Crippen molar-refractivity contribution in [3.05, 3.63) is 41.6 Å². The molecule has 0 saturated heterocycles. The number of carboxylic acids is 1. The number of rotatable bonds is 2. The van der Waals surface area contributed by atoms with Crippen LogP contribution in [0.4, 0.5) is 13.2 Å². The number of alkyl halides is 3. The molecule has 2 rings (SSSR count). The van der Waals surface area contributed by atoms with Gasteiger partial charge in [0.25, 0.3) is 0 Å². The van der Waals surface area contributed by atoms with Crippen LogP contribution in [0.15, 0.2) is 24.7 Å². The van der Waals surface area contributed by atoms with Gasteiger partial charge in [-0.3, -0.25) is 4.57 Å². The number of nitriles is 1. The lowest BCUT2D eigenvalue weighted by atomic mass is 10.2. The van der Waals surface area contributed by atoms with Crippen molar-refractivity contribution in [1.82, 2.24) is 14.5 Å². The molecule has 0 aliphatic carbocycles. The summed E-state index contributed by atoms with van der Waals surface area (Å²) in [5.41, 5.74) is -1.68. The number of pyridine rings is 1. The highest BCUT2D eigenvalue weighted by atomic mass is 19.4. The number of aromatic nitrogens is 3. The zero-order chi connectivity index (χ0) is 14.9. The summed E-state index contributed by atoms with van der Waals surface area (Å²) in [6, 6.07) is 3.33. The first kappa shape index (κ1) is 13.5. The molecule has 0 amide bonds. The highest BCUT2D eigenvalue weighted by Crippen LogP contribution is 2.29. The summed E-state index contributed by atoms with van der Waals surface area (Å²) >= 11 is 0.